The summed E-state index contributed by atoms with van der Waals surface area (Å²) in [5.41, 5.74) is 4.09. The molecule has 1 saturated heterocycles. The third kappa shape index (κ3) is 6.47. The second kappa shape index (κ2) is 12.3. The standard InChI is InChI=1S/C28H29N3O2S.ClH/c32-27(24-13-11-23(12-14-24)21-22-7-2-1-3-8-22)31(16-6-15-30-17-19-33-20-18-30)28-29-25-9-4-5-10-26(25)34-28;/h1-5,7-14H,6,15-21H2;1H. The maximum atomic E-state index is 13.6. The molecule has 0 saturated carbocycles. The molecule has 0 atom stereocenters. The molecule has 5 rings (SSSR count). The van der Waals surface area contributed by atoms with Gasteiger partial charge in [-0.15, -0.1) is 12.4 Å². The molecule has 0 aliphatic carbocycles. The van der Waals surface area contributed by atoms with E-state index in [4.69, 9.17) is 9.72 Å². The highest BCUT2D eigenvalue weighted by Crippen LogP contribution is 2.30. The summed E-state index contributed by atoms with van der Waals surface area (Å²) < 4.78 is 6.56. The van der Waals surface area contributed by atoms with Crippen molar-refractivity contribution in [2.45, 2.75) is 12.8 Å². The molecule has 1 aliphatic heterocycles. The Morgan fingerprint density at radius 3 is 2.34 bits per heavy atom. The van der Waals surface area contributed by atoms with Crippen LogP contribution in [0.2, 0.25) is 0 Å². The molecule has 0 spiro atoms. The van der Waals surface area contributed by atoms with E-state index < -0.39 is 0 Å². The molecule has 1 aliphatic rings. The van der Waals surface area contributed by atoms with E-state index in [2.05, 4.69) is 47.4 Å². The fourth-order valence-electron chi connectivity index (χ4n) is 4.29. The number of anilines is 1. The highest BCUT2D eigenvalue weighted by molar-refractivity contribution is 7.22. The van der Waals surface area contributed by atoms with Crippen molar-refractivity contribution in [2.24, 2.45) is 0 Å². The maximum Gasteiger partial charge on any atom is 0.260 e. The molecule has 7 heteroatoms. The molecule has 1 aromatic heterocycles. The minimum absolute atomic E-state index is 0. The first-order valence-corrected chi connectivity index (χ1v) is 12.7. The number of rotatable bonds is 8. The number of benzene rings is 3. The van der Waals surface area contributed by atoms with E-state index >= 15 is 0 Å². The number of carbonyl (C=O) groups is 1. The average molecular weight is 508 g/mol. The molecule has 0 radical (unpaired) electrons. The highest BCUT2D eigenvalue weighted by atomic mass is 35.5. The van der Waals surface area contributed by atoms with Crippen LogP contribution in [0.15, 0.2) is 78.9 Å². The van der Waals surface area contributed by atoms with Crippen molar-refractivity contribution in [3.05, 3.63) is 95.6 Å². The average Bonchev–Trinajstić information content (AvgIpc) is 3.32. The molecule has 0 N–H and O–H groups in total. The van der Waals surface area contributed by atoms with E-state index in [-0.39, 0.29) is 18.3 Å². The summed E-state index contributed by atoms with van der Waals surface area (Å²) in [6.07, 6.45) is 1.75. The molecular weight excluding hydrogens is 478 g/mol. The summed E-state index contributed by atoms with van der Waals surface area (Å²) in [7, 11) is 0. The lowest BCUT2D eigenvalue weighted by atomic mass is 10.0. The number of aromatic nitrogens is 1. The number of amides is 1. The Labute approximate surface area is 216 Å². The monoisotopic (exact) mass is 507 g/mol. The second-order valence-electron chi connectivity index (χ2n) is 8.59. The fraction of sp³-hybridized carbons (Fsp3) is 0.286. The Morgan fingerprint density at radius 1 is 0.914 bits per heavy atom. The lowest BCUT2D eigenvalue weighted by Gasteiger charge is -2.27. The summed E-state index contributed by atoms with van der Waals surface area (Å²) in [5, 5.41) is 0.765. The first kappa shape index (κ1) is 25.3. The zero-order valence-corrected chi connectivity index (χ0v) is 21.3. The molecule has 182 valence electrons. The minimum atomic E-state index is 0. The first-order valence-electron chi connectivity index (χ1n) is 11.9. The zero-order chi connectivity index (χ0) is 23.2. The third-order valence-electron chi connectivity index (χ3n) is 6.17. The molecule has 4 aromatic rings. The van der Waals surface area contributed by atoms with Gasteiger partial charge in [-0.25, -0.2) is 4.98 Å². The van der Waals surface area contributed by atoms with Gasteiger partial charge >= 0.3 is 0 Å². The van der Waals surface area contributed by atoms with Gasteiger partial charge in [0.1, 0.15) is 0 Å². The summed E-state index contributed by atoms with van der Waals surface area (Å²) >= 11 is 1.58. The number of hydrogen-bond donors (Lipinski definition) is 0. The minimum Gasteiger partial charge on any atom is -0.379 e. The maximum absolute atomic E-state index is 13.6. The van der Waals surface area contributed by atoms with Crippen LogP contribution in [0.5, 0.6) is 0 Å². The lowest BCUT2D eigenvalue weighted by Crippen LogP contribution is -2.39. The number of nitrogens with zero attached hydrogens (tertiary/aromatic N) is 3. The van der Waals surface area contributed by atoms with Crippen molar-refractivity contribution < 1.29 is 9.53 Å². The molecule has 5 nitrogen and oxygen atoms in total. The van der Waals surface area contributed by atoms with Crippen LogP contribution in [0, 0.1) is 0 Å². The van der Waals surface area contributed by atoms with E-state index in [0.717, 1.165) is 61.0 Å². The smallest absolute Gasteiger partial charge is 0.260 e. The Morgan fingerprint density at radius 2 is 1.60 bits per heavy atom. The van der Waals surface area contributed by atoms with Crippen molar-refractivity contribution in [1.82, 2.24) is 9.88 Å². The molecule has 1 amide bonds. The zero-order valence-electron chi connectivity index (χ0n) is 19.6. The predicted molar refractivity (Wildman–Crippen MR) is 146 cm³/mol. The van der Waals surface area contributed by atoms with Crippen LogP contribution in [0.4, 0.5) is 5.13 Å². The van der Waals surface area contributed by atoms with Crippen molar-refractivity contribution >= 4 is 45.0 Å². The number of carbonyl (C=O) groups excluding carboxylic acids is 1. The van der Waals surface area contributed by atoms with Crippen LogP contribution in [0.1, 0.15) is 27.9 Å². The van der Waals surface area contributed by atoms with Gasteiger partial charge in [0.05, 0.1) is 23.4 Å². The summed E-state index contributed by atoms with van der Waals surface area (Å²) in [6, 6.07) is 26.5. The third-order valence-corrected chi connectivity index (χ3v) is 7.23. The quantitative estimate of drug-likeness (QED) is 0.308. The predicted octanol–water partition coefficient (Wildman–Crippen LogP) is 5.68. The first-order chi connectivity index (χ1) is 16.8. The highest BCUT2D eigenvalue weighted by Gasteiger charge is 2.22. The number of hydrogen-bond acceptors (Lipinski definition) is 5. The van der Waals surface area contributed by atoms with Gasteiger partial charge in [0.15, 0.2) is 5.13 Å². The Bertz CT molecular complexity index is 1190. The molecule has 3 aromatic carbocycles. The second-order valence-corrected chi connectivity index (χ2v) is 9.60. The number of thiazole rings is 1. The van der Waals surface area contributed by atoms with Crippen molar-refractivity contribution in [2.75, 3.05) is 44.3 Å². The Kier molecular flexibility index (Phi) is 8.88. The van der Waals surface area contributed by atoms with E-state index in [1.807, 2.05) is 41.3 Å². The van der Waals surface area contributed by atoms with E-state index in [9.17, 15) is 4.79 Å². The number of halogens is 1. The molecule has 0 unspecified atom stereocenters. The molecule has 1 fully saturated rings. The lowest BCUT2D eigenvalue weighted by molar-refractivity contribution is 0.0376. The number of fused-ring (bicyclic) bond motifs is 1. The van der Waals surface area contributed by atoms with Gasteiger partial charge in [-0.1, -0.05) is 65.9 Å². The van der Waals surface area contributed by atoms with Gasteiger partial charge in [-0.05, 0) is 48.2 Å². The van der Waals surface area contributed by atoms with Crippen LogP contribution in [-0.4, -0.2) is 55.2 Å². The largest absolute Gasteiger partial charge is 0.379 e. The van der Waals surface area contributed by atoms with Gasteiger partial charge < -0.3 is 4.74 Å². The molecule has 35 heavy (non-hydrogen) atoms. The summed E-state index contributed by atoms with van der Waals surface area (Å²) in [4.78, 5) is 22.7. The van der Waals surface area contributed by atoms with Gasteiger partial charge in [-0.2, -0.15) is 0 Å². The summed E-state index contributed by atoms with van der Waals surface area (Å²) in [5.74, 6) is 0.00675. The number of ether oxygens (including phenoxy) is 1. The van der Waals surface area contributed by atoms with E-state index in [0.29, 0.717) is 12.1 Å². The Hall–Kier alpha value is -2.77. The van der Waals surface area contributed by atoms with Gasteiger partial charge in [0, 0.05) is 31.7 Å². The van der Waals surface area contributed by atoms with Crippen molar-refractivity contribution in [3.63, 3.8) is 0 Å². The summed E-state index contributed by atoms with van der Waals surface area (Å²) in [6.45, 7) is 5.08. The van der Waals surface area contributed by atoms with Crippen LogP contribution in [0.3, 0.4) is 0 Å². The number of para-hydroxylation sites is 1. The molecule has 2 heterocycles. The van der Waals surface area contributed by atoms with Gasteiger partial charge in [-0.3, -0.25) is 14.6 Å². The van der Waals surface area contributed by atoms with Crippen molar-refractivity contribution in [1.29, 1.82) is 0 Å². The SMILES string of the molecule is Cl.O=C(c1ccc(Cc2ccccc2)cc1)N(CCCN1CCOCC1)c1nc2ccccc2s1. The molecule has 0 bridgehead atoms. The number of morpholine rings is 1. The topological polar surface area (TPSA) is 45.7 Å². The molecular formula is C28H30ClN3O2S. The normalized spacial score (nSPS) is 13.9. The van der Waals surface area contributed by atoms with Crippen molar-refractivity contribution in [3.8, 4) is 0 Å². The van der Waals surface area contributed by atoms with E-state index in [1.165, 1.54) is 11.1 Å². The van der Waals surface area contributed by atoms with Crippen LogP contribution < -0.4 is 4.90 Å². The van der Waals surface area contributed by atoms with Crippen LogP contribution in [-0.2, 0) is 11.2 Å². The van der Waals surface area contributed by atoms with Crippen LogP contribution in [0.25, 0.3) is 10.2 Å². The van der Waals surface area contributed by atoms with E-state index in [1.54, 1.807) is 11.3 Å². The van der Waals surface area contributed by atoms with Gasteiger partial charge in [0.25, 0.3) is 5.91 Å². The Balaban J connectivity index is 0.00000289. The van der Waals surface area contributed by atoms with Crippen LogP contribution >= 0.6 is 23.7 Å². The fourth-order valence-corrected chi connectivity index (χ4v) is 5.28. The van der Waals surface area contributed by atoms with Gasteiger partial charge in [0.2, 0.25) is 0 Å².